The highest BCUT2D eigenvalue weighted by atomic mass is 32.2. The van der Waals surface area contributed by atoms with Gasteiger partial charge in [0.1, 0.15) is 11.4 Å². The summed E-state index contributed by atoms with van der Waals surface area (Å²) in [5, 5.41) is 6.05. The summed E-state index contributed by atoms with van der Waals surface area (Å²) in [7, 11) is 0.494. The topological polar surface area (TPSA) is 90.5 Å². The van der Waals surface area contributed by atoms with Gasteiger partial charge in [0, 0.05) is 24.0 Å². The zero-order valence-corrected chi connectivity index (χ0v) is 20.6. The molecule has 8 nitrogen and oxygen atoms in total. The van der Waals surface area contributed by atoms with E-state index in [1.165, 1.54) is 6.26 Å². The zero-order valence-electron chi connectivity index (χ0n) is 19.8. The van der Waals surface area contributed by atoms with Crippen molar-refractivity contribution in [2.45, 2.75) is 62.4 Å². The second-order valence-corrected chi connectivity index (χ2v) is 11.7. The maximum absolute atomic E-state index is 13.7. The van der Waals surface area contributed by atoms with E-state index in [1.54, 1.807) is 10.4 Å². The molecule has 1 saturated carbocycles. The molecule has 3 aliphatic rings. The van der Waals surface area contributed by atoms with Crippen molar-refractivity contribution in [3.8, 4) is 0 Å². The monoisotopic (exact) mass is 510 g/mol. The van der Waals surface area contributed by atoms with E-state index in [2.05, 4.69) is 20.6 Å². The highest BCUT2D eigenvalue weighted by Gasteiger charge is 2.48. The van der Waals surface area contributed by atoms with E-state index >= 15 is 0 Å². The molecule has 2 unspecified atom stereocenters. The lowest BCUT2D eigenvalue weighted by atomic mass is 9.91. The number of alkyl halides is 3. The number of fused-ring (bicyclic) bond motifs is 5. The Morgan fingerprint density at radius 2 is 1.80 bits per heavy atom. The van der Waals surface area contributed by atoms with E-state index in [0.717, 1.165) is 49.4 Å². The first-order chi connectivity index (χ1) is 16.4. The van der Waals surface area contributed by atoms with Gasteiger partial charge in [0.15, 0.2) is 0 Å². The summed E-state index contributed by atoms with van der Waals surface area (Å²) in [4.78, 5) is 10.2. The highest BCUT2D eigenvalue weighted by molar-refractivity contribution is 7.88. The van der Waals surface area contributed by atoms with Gasteiger partial charge in [-0.2, -0.15) is 22.5 Å². The Morgan fingerprint density at radius 1 is 1.09 bits per heavy atom. The molecule has 2 fully saturated rings. The van der Waals surface area contributed by atoms with Gasteiger partial charge in [0.2, 0.25) is 16.0 Å². The summed E-state index contributed by atoms with van der Waals surface area (Å²) >= 11 is 0. The summed E-state index contributed by atoms with van der Waals surface area (Å²) in [6.45, 7) is 0. The number of likely N-dealkylation sites (N-methyl/N-ethyl adjacent to an activating group) is 1. The van der Waals surface area contributed by atoms with Gasteiger partial charge in [0.05, 0.1) is 18.3 Å². The van der Waals surface area contributed by atoms with Crippen LogP contribution in [0.3, 0.4) is 0 Å². The molecule has 2 bridgehead atoms. The van der Waals surface area contributed by atoms with Gasteiger partial charge in [-0.15, -0.1) is 0 Å². The van der Waals surface area contributed by atoms with Crippen molar-refractivity contribution in [1.82, 2.24) is 19.2 Å². The molecule has 35 heavy (non-hydrogen) atoms. The molecular weight excluding hydrogens is 481 g/mol. The minimum Gasteiger partial charge on any atom is -0.365 e. The van der Waals surface area contributed by atoms with Gasteiger partial charge < -0.3 is 15.5 Å². The molecule has 1 aromatic heterocycles. The molecule has 3 heterocycles. The van der Waals surface area contributed by atoms with E-state index in [1.807, 2.05) is 31.1 Å². The van der Waals surface area contributed by atoms with Crippen molar-refractivity contribution < 1.29 is 21.6 Å². The van der Waals surface area contributed by atoms with Crippen molar-refractivity contribution >= 4 is 27.5 Å². The van der Waals surface area contributed by atoms with Crippen LogP contribution in [0.5, 0.6) is 0 Å². The first-order valence-corrected chi connectivity index (χ1v) is 13.5. The predicted octanol–water partition coefficient (Wildman–Crippen LogP) is 4.28. The number of anilines is 3. The van der Waals surface area contributed by atoms with Crippen LogP contribution < -0.4 is 10.6 Å². The van der Waals surface area contributed by atoms with Crippen LogP contribution in [0.1, 0.15) is 60.9 Å². The van der Waals surface area contributed by atoms with Gasteiger partial charge in [-0.1, -0.05) is 6.07 Å². The van der Waals surface area contributed by atoms with E-state index in [9.17, 15) is 21.6 Å². The lowest BCUT2D eigenvalue weighted by Crippen LogP contribution is -2.39. The smallest absolute Gasteiger partial charge is 0.365 e. The van der Waals surface area contributed by atoms with Crippen LogP contribution >= 0.6 is 0 Å². The Kier molecular flexibility index (Phi) is 5.96. The Balaban J connectivity index is 1.42. The Morgan fingerprint density at radius 3 is 2.46 bits per heavy atom. The summed E-state index contributed by atoms with van der Waals surface area (Å²) in [6.07, 6.45) is 1.56. The fraction of sp³-hybridized carbons (Fsp3) is 0.565. The van der Waals surface area contributed by atoms with Gasteiger partial charge >= 0.3 is 6.18 Å². The number of halogens is 3. The second-order valence-electron chi connectivity index (χ2n) is 9.84. The Labute approximate surface area is 203 Å². The summed E-state index contributed by atoms with van der Waals surface area (Å²) in [5.74, 6) is -0.194. The van der Waals surface area contributed by atoms with Crippen LogP contribution in [0, 0.1) is 0 Å². The third kappa shape index (κ3) is 4.47. The standard InChI is InChI=1S/C23H29F3N6O2S/c1-31(2)20-6-4-5-17(20)29-21-16(23(24,25)26)12-27-22(30-21)28-13-7-8-14-15(11-13)19-10-9-18(14)32(19)35(3,33)34/h7-8,11-12,17-20H,4-6,9-10H2,1-3H3,(H2,27,28,29,30)/t17-,18?,19?,20-/m1/s1. The summed E-state index contributed by atoms with van der Waals surface area (Å²) < 4.78 is 67.2. The lowest BCUT2D eigenvalue weighted by Gasteiger charge is -2.28. The van der Waals surface area contributed by atoms with Crippen LogP contribution in [0.2, 0.25) is 0 Å². The third-order valence-corrected chi connectivity index (χ3v) is 8.61. The zero-order chi connectivity index (χ0) is 25.1. The van der Waals surface area contributed by atoms with Gasteiger partial charge in [-0.25, -0.2) is 13.4 Å². The molecule has 2 aromatic rings. The molecule has 0 spiro atoms. The number of nitrogens with one attached hydrogen (secondary N) is 2. The van der Waals surface area contributed by atoms with Crippen molar-refractivity contribution in [1.29, 1.82) is 0 Å². The van der Waals surface area contributed by atoms with Gasteiger partial charge in [-0.3, -0.25) is 0 Å². The minimum absolute atomic E-state index is 0.0444. The number of benzene rings is 1. The molecule has 0 radical (unpaired) electrons. The molecular formula is C23H29F3N6O2S. The molecule has 1 aliphatic carbocycles. The molecule has 190 valence electrons. The first kappa shape index (κ1) is 24.3. The van der Waals surface area contributed by atoms with Gasteiger partial charge in [0.25, 0.3) is 0 Å². The van der Waals surface area contributed by atoms with E-state index in [4.69, 9.17) is 0 Å². The van der Waals surface area contributed by atoms with Crippen LogP contribution in [-0.4, -0.2) is 60.0 Å². The number of rotatable bonds is 6. The number of hydrogen-bond acceptors (Lipinski definition) is 7. The van der Waals surface area contributed by atoms with Crippen molar-refractivity contribution in [2.75, 3.05) is 31.0 Å². The number of nitrogens with zero attached hydrogens (tertiary/aromatic N) is 4. The minimum atomic E-state index is -4.59. The molecule has 2 aliphatic heterocycles. The highest BCUT2D eigenvalue weighted by Crippen LogP contribution is 2.54. The van der Waals surface area contributed by atoms with Crippen molar-refractivity contribution in [3.05, 3.63) is 41.1 Å². The summed E-state index contributed by atoms with van der Waals surface area (Å²) in [5.41, 5.74) is 1.59. The fourth-order valence-electron chi connectivity index (χ4n) is 5.87. The molecule has 1 aromatic carbocycles. The maximum atomic E-state index is 13.7. The molecule has 0 amide bonds. The Bertz CT molecular complexity index is 1240. The third-order valence-electron chi connectivity index (χ3n) is 7.33. The Hall–Kier alpha value is -2.44. The molecule has 12 heteroatoms. The fourth-order valence-corrected chi connectivity index (χ4v) is 7.23. The van der Waals surface area contributed by atoms with Crippen LogP contribution in [0.15, 0.2) is 24.4 Å². The summed E-state index contributed by atoms with van der Waals surface area (Å²) in [6, 6.07) is 5.11. The van der Waals surface area contributed by atoms with Crippen LogP contribution in [0.4, 0.5) is 30.6 Å². The predicted molar refractivity (Wildman–Crippen MR) is 127 cm³/mol. The lowest BCUT2D eigenvalue weighted by molar-refractivity contribution is -0.137. The normalized spacial score (nSPS) is 26.4. The molecule has 2 N–H and O–H groups in total. The molecule has 5 rings (SSSR count). The number of aromatic nitrogens is 2. The SMILES string of the molecule is CN(C)[C@@H]1CCC[C@H]1Nc1nc(Nc2ccc3c(c2)C2CCC3N2S(C)(=O)=O)ncc1C(F)(F)F. The molecule has 4 atom stereocenters. The maximum Gasteiger partial charge on any atom is 0.421 e. The second kappa shape index (κ2) is 8.59. The van der Waals surface area contributed by atoms with Crippen LogP contribution in [-0.2, 0) is 16.2 Å². The first-order valence-electron chi connectivity index (χ1n) is 11.7. The molecule has 1 saturated heterocycles. The number of hydrogen-bond donors (Lipinski definition) is 2. The van der Waals surface area contributed by atoms with Gasteiger partial charge in [-0.05, 0) is 69.5 Å². The quantitative estimate of drug-likeness (QED) is 0.599. The van der Waals surface area contributed by atoms with E-state index < -0.39 is 21.8 Å². The van der Waals surface area contributed by atoms with E-state index in [-0.39, 0.29) is 35.9 Å². The van der Waals surface area contributed by atoms with Crippen molar-refractivity contribution in [2.24, 2.45) is 0 Å². The average molecular weight is 511 g/mol. The van der Waals surface area contributed by atoms with E-state index in [0.29, 0.717) is 5.69 Å². The van der Waals surface area contributed by atoms with Crippen LogP contribution in [0.25, 0.3) is 0 Å². The largest absolute Gasteiger partial charge is 0.421 e. The number of sulfonamides is 1. The average Bonchev–Trinajstić information content (AvgIpc) is 3.46. The van der Waals surface area contributed by atoms with Crippen molar-refractivity contribution in [3.63, 3.8) is 0 Å².